The van der Waals surface area contributed by atoms with Gasteiger partial charge in [-0.2, -0.15) is 17.0 Å². The first-order valence-electron chi connectivity index (χ1n) is 7.11. The van der Waals surface area contributed by atoms with Crippen LogP contribution in [0.4, 0.5) is 0 Å². The molecule has 112 valence electrons. The predicted octanol–water partition coefficient (Wildman–Crippen LogP) is -0.0189. The lowest BCUT2D eigenvalue weighted by Gasteiger charge is -2.35. The van der Waals surface area contributed by atoms with Crippen molar-refractivity contribution in [3.8, 4) is 0 Å². The normalized spacial score (nSPS) is 24.1. The zero-order valence-corrected chi connectivity index (χ0v) is 12.6. The van der Waals surface area contributed by atoms with Gasteiger partial charge in [-0.15, -0.1) is 0 Å². The van der Waals surface area contributed by atoms with Crippen molar-refractivity contribution in [2.75, 3.05) is 59.5 Å². The van der Waals surface area contributed by atoms with Gasteiger partial charge in [-0.3, -0.25) is 0 Å². The molecule has 7 heteroatoms. The third-order valence-corrected chi connectivity index (χ3v) is 5.91. The van der Waals surface area contributed by atoms with Crippen LogP contribution < -0.4 is 0 Å². The Balaban J connectivity index is 1.79. The molecule has 0 unspecified atom stereocenters. The summed E-state index contributed by atoms with van der Waals surface area (Å²) in [6.07, 6.45) is 3.00. The van der Waals surface area contributed by atoms with Crippen LogP contribution in [0.2, 0.25) is 0 Å². The summed E-state index contributed by atoms with van der Waals surface area (Å²) in [6, 6.07) is 0. The lowest BCUT2D eigenvalue weighted by molar-refractivity contribution is 0.147. The maximum absolute atomic E-state index is 12.4. The van der Waals surface area contributed by atoms with Crippen molar-refractivity contribution in [1.82, 2.24) is 13.5 Å². The Bertz CT molecular complexity index is 360. The highest BCUT2D eigenvalue weighted by Gasteiger charge is 2.33. The van der Waals surface area contributed by atoms with E-state index in [9.17, 15) is 8.42 Å². The van der Waals surface area contributed by atoms with Crippen molar-refractivity contribution in [1.29, 1.82) is 0 Å². The van der Waals surface area contributed by atoms with E-state index in [1.807, 2.05) is 0 Å². The summed E-state index contributed by atoms with van der Waals surface area (Å²) >= 11 is 0. The molecule has 0 amide bonds. The van der Waals surface area contributed by atoms with Gasteiger partial charge in [0.1, 0.15) is 0 Å². The van der Waals surface area contributed by atoms with Gasteiger partial charge in [0.2, 0.25) is 0 Å². The van der Waals surface area contributed by atoms with Gasteiger partial charge < -0.3 is 9.64 Å². The highest BCUT2D eigenvalue weighted by Crippen LogP contribution is 2.18. The van der Waals surface area contributed by atoms with Crippen LogP contribution in [0.5, 0.6) is 0 Å². The average molecular weight is 291 g/mol. The summed E-state index contributed by atoms with van der Waals surface area (Å²) in [4.78, 5) is 2.31. The maximum Gasteiger partial charge on any atom is 0.282 e. The molecule has 0 saturated carbocycles. The monoisotopic (exact) mass is 291 g/mol. The average Bonchev–Trinajstić information content (AvgIpc) is 2.94. The quantitative estimate of drug-likeness (QED) is 0.646. The van der Waals surface area contributed by atoms with Crippen LogP contribution in [0.3, 0.4) is 0 Å². The molecule has 0 radical (unpaired) electrons. The molecule has 0 N–H and O–H groups in total. The molecule has 0 aromatic carbocycles. The Hall–Kier alpha value is -0.210. The second kappa shape index (κ2) is 6.99. The summed E-state index contributed by atoms with van der Waals surface area (Å²) in [6.45, 7) is 6.04. The topological polar surface area (TPSA) is 53.1 Å². The van der Waals surface area contributed by atoms with E-state index in [4.69, 9.17) is 4.74 Å². The molecule has 0 bridgehead atoms. The summed E-state index contributed by atoms with van der Waals surface area (Å²) < 4.78 is 33.0. The number of piperazine rings is 1. The molecule has 2 rings (SSSR count). The van der Waals surface area contributed by atoms with Crippen LogP contribution in [-0.2, 0) is 14.9 Å². The van der Waals surface area contributed by atoms with Gasteiger partial charge in [-0.25, -0.2) is 0 Å². The number of hydrogen-bond acceptors (Lipinski definition) is 4. The fourth-order valence-electron chi connectivity index (χ4n) is 2.70. The zero-order valence-electron chi connectivity index (χ0n) is 11.8. The molecule has 0 spiro atoms. The minimum absolute atomic E-state index is 0.617. The predicted molar refractivity (Wildman–Crippen MR) is 74.2 cm³/mol. The number of ether oxygens (including phenoxy) is 1. The largest absolute Gasteiger partial charge is 0.385 e. The highest BCUT2D eigenvalue weighted by atomic mass is 32.2. The summed E-state index contributed by atoms with van der Waals surface area (Å²) in [7, 11) is -1.49. The molecule has 19 heavy (non-hydrogen) atoms. The molecule has 0 aromatic rings. The van der Waals surface area contributed by atoms with E-state index in [1.54, 1.807) is 15.7 Å². The Labute approximate surface area is 116 Å². The zero-order chi connectivity index (χ0) is 13.7. The number of hydrogen-bond donors (Lipinski definition) is 0. The molecule has 2 aliphatic heterocycles. The smallest absolute Gasteiger partial charge is 0.282 e. The molecule has 2 fully saturated rings. The van der Waals surface area contributed by atoms with Gasteiger partial charge in [0.25, 0.3) is 10.2 Å². The van der Waals surface area contributed by atoms with Gasteiger partial charge in [0.05, 0.1) is 0 Å². The number of rotatable bonds is 6. The molecule has 0 aromatic heterocycles. The molecular weight excluding hydrogens is 266 g/mol. The molecular formula is C12H25N3O3S. The number of nitrogens with zero attached hydrogens (tertiary/aromatic N) is 3. The molecule has 6 nitrogen and oxygen atoms in total. The van der Waals surface area contributed by atoms with E-state index < -0.39 is 10.2 Å². The van der Waals surface area contributed by atoms with Gasteiger partial charge in [-0.05, 0) is 19.3 Å². The van der Waals surface area contributed by atoms with E-state index >= 15 is 0 Å². The van der Waals surface area contributed by atoms with E-state index in [0.717, 1.165) is 45.5 Å². The van der Waals surface area contributed by atoms with Gasteiger partial charge in [-0.1, -0.05) is 0 Å². The summed E-state index contributed by atoms with van der Waals surface area (Å²) in [5.74, 6) is 0. The Kier molecular flexibility index (Phi) is 5.58. The van der Waals surface area contributed by atoms with Crippen LogP contribution in [0.15, 0.2) is 0 Å². The van der Waals surface area contributed by atoms with Gasteiger partial charge in [0.15, 0.2) is 0 Å². The fraction of sp³-hybridized carbons (Fsp3) is 1.00. The molecule has 2 saturated heterocycles. The summed E-state index contributed by atoms with van der Waals surface area (Å²) in [5, 5.41) is 0. The Morgan fingerprint density at radius 3 is 2.11 bits per heavy atom. The second-order valence-corrected chi connectivity index (χ2v) is 7.13. The van der Waals surface area contributed by atoms with E-state index in [-0.39, 0.29) is 0 Å². The second-order valence-electron chi connectivity index (χ2n) is 5.20. The Morgan fingerprint density at radius 1 is 0.947 bits per heavy atom. The lowest BCUT2D eigenvalue weighted by atomic mass is 10.3. The van der Waals surface area contributed by atoms with Gasteiger partial charge in [0, 0.05) is 59.5 Å². The van der Waals surface area contributed by atoms with Crippen molar-refractivity contribution >= 4 is 10.2 Å². The highest BCUT2D eigenvalue weighted by molar-refractivity contribution is 7.86. The standard InChI is InChI=1S/C12H25N3O3S/c1-18-12-4-5-13-8-10-15(11-9-13)19(16,17)14-6-2-3-7-14/h2-12H2,1H3. The first-order chi connectivity index (χ1) is 9.14. The maximum atomic E-state index is 12.4. The van der Waals surface area contributed by atoms with Crippen molar-refractivity contribution in [3.63, 3.8) is 0 Å². The first kappa shape index (κ1) is 15.2. The molecule has 2 heterocycles. The summed E-state index contributed by atoms with van der Waals surface area (Å²) in [5.41, 5.74) is 0. The van der Waals surface area contributed by atoms with Crippen LogP contribution in [-0.4, -0.2) is 81.5 Å². The third-order valence-electron chi connectivity index (χ3n) is 3.87. The first-order valence-corrected chi connectivity index (χ1v) is 8.51. The lowest BCUT2D eigenvalue weighted by Crippen LogP contribution is -2.52. The Morgan fingerprint density at radius 2 is 1.53 bits per heavy atom. The molecule has 2 aliphatic rings. The minimum atomic E-state index is -3.20. The SMILES string of the molecule is COCCCN1CCN(S(=O)(=O)N2CCCC2)CC1. The van der Waals surface area contributed by atoms with Crippen LogP contribution in [0.25, 0.3) is 0 Å². The van der Waals surface area contributed by atoms with Crippen molar-refractivity contribution < 1.29 is 13.2 Å². The van der Waals surface area contributed by atoms with Gasteiger partial charge >= 0.3 is 0 Å². The van der Waals surface area contributed by atoms with E-state index in [0.29, 0.717) is 26.2 Å². The van der Waals surface area contributed by atoms with Crippen molar-refractivity contribution in [3.05, 3.63) is 0 Å². The van der Waals surface area contributed by atoms with Crippen molar-refractivity contribution in [2.24, 2.45) is 0 Å². The fourth-order valence-corrected chi connectivity index (χ4v) is 4.37. The van der Waals surface area contributed by atoms with E-state index in [1.165, 1.54) is 0 Å². The molecule has 0 aliphatic carbocycles. The van der Waals surface area contributed by atoms with Crippen LogP contribution in [0, 0.1) is 0 Å². The number of methoxy groups -OCH3 is 1. The van der Waals surface area contributed by atoms with Crippen molar-refractivity contribution in [2.45, 2.75) is 19.3 Å². The minimum Gasteiger partial charge on any atom is -0.385 e. The molecule has 0 atom stereocenters. The van der Waals surface area contributed by atoms with E-state index in [2.05, 4.69) is 4.90 Å². The third kappa shape index (κ3) is 3.88. The van der Waals surface area contributed by atoms with Crippen LogP contribution >= 0.6 is 0 Å². The van der Waals surface area contributed by atoms with Crippen LogP contribution in [0.1, 0.15) is 19.3 Å².